The summed E-state index contributed by atoms with van der Waals surface area (Å²) in [7, 11) is 5.37. The quantitative estimate of drug-likeness (QED) is 0.822. The van der Waals surface area contributed by atoms with Crippen LogP contribution in [0.5, 0.6) is 11.5 Å². The van der Waals surface area contributed by atoms with Crippen molar-refractivity contribution in [1.29, 1.82) is 0 Å². The summed E-state index contributed by atoms with van der Waals surface area (Å²) < 4.78 is 10.7. The van der Waals surface area contributed by atoms with Gasteiger partial charge in [-0.15, -0.1) is 0 Å². The molecule has 1 atom stereocenters. The van der Waals surface area contributed by atoms with Gasteiger partial charge in [0.05, 0.1) is 14.2 Å². The van der Waals surface area contributed by atoms with Crippen LogP contribution >= 0.6 is 0 Å². The molecule has 1 unspecified atom stereocenters. The zero-order valence-corrected chi connectivity index (χ0v) is 13.0. The molecule has 0 aliphatic carbocycles. The van der Waals surface area contributed by atoms with Gasteiger partial charge in [-0.1, -0.05) is 13.8 Å². The van der Waals surface area contributed by atoms with Crippen molar-refractivity contribution in [2.24, 2.45) is 11.8 Å². The Hall–Kier alpha value is -1.22. The van der Waals surface area contributed by atoms with Crippen LogP contribution in [0, 0.1) is 18.8 Å². The van der Waals surface area contributed by atoms with Crippen LogP contribution in [0.25, 0.3) is 0 Å². The highest BCUT2D eigenvalue weighted by molar-refractivity contribution is 5.47. The molecule has 0 spiro atoms. The summed E-state index contributed by atoms with van der Waals surface area (Å²) in [6.45, 7) is 7.72. The van der Waals surface area contributed by atoms with Gasteiger partial charge in [-0.3, -0.25) is 0 Å². The summed E-state index contributed by atoms with van der Waals surface area (Å²) in [5.74, 6) is 2.90. The molecule has 0 saturated carbocycles. The van der Waals surface area contributed by atoms with Crippen molar-refractivity contribution in [1.82, 2.24) is 5.32 Å². The van der Waals surface area contributed by atoms with Gasteiger partial charge in [-0.25, -0.2) is 0 Å². The molecule has 0 amide bonds. The predicted molar refractivity (Wildman–Crippen MR) is 80.2 cm³/mol. The van der Waals surface area contributed by atoms with Crippen LogP contribution in [-0.2, 0) is 6.42 Å². The number of ether oxygens (including phenoxy) is 2. The van der Waals surface area contributed by atoms with Gasteiger partial charge in [0.25, 0.3) is 0 Å². The largest absolute Gasteiger partial charge is 0.493 e. The van der Waals surface area contributed by atoms with E-state index in [2.05, 4.69) is 38.2 Å². The van der Waals surface area contributed by atoms with Gasteiger partial charge in [0.2, 0.25) is 0 Å². The number of nitrogens with one attached hydrogen (secondary N) is 1. The molecule has 1 aromatic carbocycles. The van der Waals surface area contributed by atoms with E-state index in [9.17, 15) is 0 Å². The molecule has 3 heteroatoms. The van der Waals surface area contributed by atoms with E-state index >= 15 is 0 Å². The van der Waals surface area contributed by atoms with Gasteiger partial charge < -0.3 is 14.8 Å². The highest BCUT2D eigenvalue weighted by Crippen LogP contribution is 2.32. The first-order chi connectivity index (χ1) is 9.03. The second-order valence-electron chi connectivity index (χ2n) is 5.40. The number of methoxy groups -OCH3 is 2. The second kappa shape index (κ2) is 7.39. The fourth-order valence-corrected chi connectivity index (χ4v) is 2.33. The van der Waals surface area contributed by atoms with Gasteiger partial charge in [0, 0.05) is 0 Å². The Labute approximate surface area is 117 Å². The smallest absolute Gasteiger partial charge is 0.161 e. The maximum Gasteiger partial charge on any atom is 0.161 e. The SMILES string of the molecule is CNCC(Cc1cc(OC)c(OC)cc1C)C(C)C. The van der Waals surface area contributed by atoms with Crippen LogP contribution in [0.3, 0.4) is 0 Å². The van der Waals surface area contributed by atoms with Crippen LogP contribution in [0.15, 0.2) is 12.1 Å². The topological polar surface area (TPSA) is 30.5 Å². The van der Waals surface area contributed by atoms with E-state index in [0.717, 1.165) is 24.5 Å². The molecule has 0 aromatic heterocycles. The number of benzene rings is 1. The van der Waals surface area contributed by atoms with E-state index < -0.39 is 0 Å². The van der Waals surface area contributed by atoms with Crippen molar-refractivity contribution >= 4 is 0 Å². The molecule has 19 heavy (non-hydrogen) atoms. The molecule has 0 heterocycles. The fourth-order valence-electron chi connectivity index (χ4n) is 2.33. The minimum absolute atomic E-state index is 0.627. The summed E-state index contributed by atoms with van der Waals surface area (Å²) in [5.41, 5.74) is 2.60. The highest BCUT2D eigenvalue weighted by atomic mass is 16.5. The first-order valence-corrected chi connectivity index (χ1v) is 6.89. The Morgan fingerprint density at radius 1 is 1.11 bits per heavy atom. The Morgan fingerprint density at radius 2 is 1.68 bits per heavy atom. The van der Waals surface area contributed by atoms with Gasteiger partial charge in [-0.05, 0) is 62.0 Å². The van der Waals surface area contributed by atoms with E-state index in [1.807, 2.05) is 7.05 Å². The van der Waals surface area contributed by atoms with Crippen molar-refractivity contribution in [2.75, 3.05) is 27.8 Å². The number of hydrogen-bond donors (Lipinski definition) is 1. The van der Waals surface area contributed by atoms with E-state index in [4.69, 9.17) is 9.47 Å². The van der Waals surface area contributed by atoms with Crippen molar-refractivity contribution in [3.05, 3.63) is 23.3 Å². The molecule has 1 rings (SSSR count). The number of aryl methyl sites for hydroxylation is 1. The lowest BCUT2D eigenvalue weighted by Gasteiger charge is -2.22. The Kier molecular flexibility index (Phi) is 6.16. The van der Waals surface area contributed by atoms with Gasteiger partial charge in [-0.2, -0.15) is 0 Å². The molecule has 0 saturated heterocycles. The second-order valence-corrected chi connectivity index (χ2v) is 5.40. The van der Waals surface area contributed by atoms with E-state index in [0.29, 0.717) is 11.8 Å². The third-order valence-electron chi connectivity index (χ3n) is 3.73. The number of hydrogen-bond acceptors (Lipinski definition) is 3. The third-order valence-corrected chi connectivity index (χ3v) is 3.73. The average molecular weight is 265 g/mol. The standard InChI is InChI=1S/C16H27NO2/c1-11(2)14(10-17-4)8-13-9-16(19-6)15(18-5)7-12(13)3/h7,9,11,14,17H,8,10H2,1-6H3. The zero-order valence-electron chi connectivity index (χ0n) is 13.0. The van der Waals surface area contributed by atoms with E-state index in [1.54, 1.807) is 14.2 Å². The van der Waals surface area contributed by atoms with E-state index in [1.165, 1.54) is 11.1 Å². The minimum atomic E-state index is 0.627. The first kappa shape index (κ1) is 15.8. The maximum atomic E-state index is 5.39. The molecule has 3 nitrogen and oxygen atoms in total. The molecule has 1 aromatic rings. The van der Waals surface area contributed by atoms with Crippen LogP contribution in [0.4, 0.5) is 0 Å². The van der Waals surface area contributed by atoms with Gasteiger partial charge in [0.1, 0.15) is 0 Å². The van der Waals surface area contributed by atoms with Crippen LogP contribution < -0.4 is 14.8 Å². The van der Waals surface area contributed by atoms with Crippen LogP contribution in [0.2, 0.25) is 0 Å². The molecule has 0 aliphatic rings. The summed E-state index contributed by atoms with van der Waals surface area (Å²) in [5, 5.41) is 3.28. The Balaban J connectivity index is 2.99. The van der Waals surface area contributed by atoms with Crippen LogP contribution in [0.1, 0.15) is 25.0 Å². The maximum absolute atomic E-state index is 5.39. The molecule has 0 bridgehead atoms. The summed E-state index contributed by atoms with van der Waals surface area (Å²) in [4.78, 5) is 0. The lowest BCUT2D eigenvalue weighted by Crippen LogP contribution is -2.25. The molecule has 0 aliphatic heterocycles. The molecule has 0 fully saturated rings. The van der Waals surface area contributed by atoms with Crippen molar-refractivity contribution in [2.45, 2.75) is 27.2 Å². The summed E-state index contributed by atoms with van der Waals surface area (Å²) in [6.07, 6.45) is 1.06. The Bertz CT molecular complexity index is 402. The van der Waals surface area contributed by atoms with Gasteiger partial charge >= 0.3 is 0 Å². The van der Waals surface area contributed by atoms with Crippen molar-refractivity contribution in [3.63, 3.8) is 0 Å². The summed E-state index contributed by atoms with van der Waals surface area (Å²) >= 11 is 0. The normalized spacial score (nSPS) is 12.6. The number of rotatable bonds is 7. The van der Waals surface area contributed by atoms with Gasteiger partial charge in [0.15, 0.2) is 11.5 Å². The first-order valence-electron chi connectivity index (χ1n) is 6.89. The molecule has 108 valence electrons. The molecule has 1 N–H and O–H groups in total. The predicted octanol–water partition coefficient (Wildman–Crippen LogP) is 3.05. The van der Waals surface area contributed by atoms with E-state index in [-0.39, 0.29) is 0 Å². The lowest BCUT2D eigenvalue weighted by atomic mass is 9.87. The third kappa shape index (κ3) is 4.13. The highest BCUT2D eigenvalue weighted by Gasteiger charge is 2.16. The summed E-state index contributed by atoms with van der Waals surface area (Å²) in [6, 6.07) is 4.17. The fraction of sp³-hybridized carbons (Fsp3) is 0.625. The Morgan fingerprint density at radius 3 is 2.16 bits per heavy atom. The monoisotopic (exact) mass is 265 g/mol. The van der Waals surface area contributed by atoms with Crippen molar-refractivity contribution in [3.8, 4) is 11.5 Å². The lowest BCUT2D eigenvalue weighted by molar-refractivity contribution is 0.350. The average Bonchev–Trinajstić information content (AvgIpc) is 2.39. The van der Waals surface area contributed by atoms with Crippen LogP contribution in [-0.4, -0.2) is 27.8 Å². The van der Waals surface area contributed by atoms with Crippen molar-refractivity contribution < 1.29 is 9.47 Å². The molecule has 0 radical (unpaired) electrons. The molecular weight excluding hydrogens is 238 g/mol. The minimum Gasteiger partial charge on any atom is -0.493 e. The molecular formula is C16H27NO2. The zero-order chi connectivity index (χ0) is 14.4.